The number of carboxylic acids is 3. The first-order chi connectivity index (χ1) is 13.9. The lowest BCUT2D eigenvalue weighted by Gasteiger charge is -2.68. The van der Waals surface area contributed by atoms with Gasteiger partial charge < -0.3 is 15.3 Å². The fraction of sp³-hybridized carbons (Fsp3) is 0.783. The van der Waals surface area contributed by atoms with Crippen molar-refractivity contribution in [3.05, 3.63) is 11.4 Å². The molecule has 0 aromatic heterocycles. The molecule has 2 saturated carbocycles. The molecule has 2 aliphatic carbocycles. The first-order valence-electron chi connectivity index (χ1n) is 11.1. The van der Waals surface area contributed by atoms with Crippen LogP contribution in [0.4, 0.5) is 0 Å². The molecule has 6 nitrogen and oxygen atoms in total. The van der Waals surface area contributed by atoms with Crippen molar-refractivity contribution >= 4 is 25.8 Å². The van der Waals surface area contributed by atoms with E-state index in [9.17, 15) is 29.7 Å². The average molecular weight is 436 g/mol. The van der Waals surface area contributed by atoms with Crippen LogP contribution in [0.2, 0.25) is 0 Å². The van der Waals surface area contributed by atoms with Crippen LogP contribution < -0.4 is 0 Å². The lowest BCUT2D eigenvalue weighted by Crippen LogP contribution is -2.66. The normalized spacial score (nSPS) is 47.2. The van der Waals surface area contributed by atoms with Gasteiger partial charge >= 0.3 is 17.9 Å². The number of hydrogen-bond donors (Lipinski definition) is 3. The van der Waals surface area contributed by atoms with Gasteiger partial charge in [-0.15, -0.1) is 0 Å². The van der Waals surface area contributed by atoms with Gasteiger partial charge in [0.15, 0.2) is 0 Å². The molecular weight excluding hydrogens is 403 g/mol. The van der Waals surface area contributed by atoms with E-state index in [4.69, 9.17) is 0 Å². The van der Waals surface area contributed by atoms with E-state index in [0.717, 1.165) is 24.3 Å². The Morgan fingerprint density at radius 2 is 1.70 bits per heavy atom. The minimum atomic E-state index is -1.11. The highest BCUT2D eigenvalue weighted by Crippen LogP contribution is 2.78. The molecule has 0 amide bonds. The molecule has 0 radical (unpaired) electrons. The molecule has 1 spiro atoms. The summed E-state index contributed by atoms with van der Waals surface area (Å²) in [4.78, 5) is 37.1. The number of carboxylic acid groups (broad SMARTS) is 3. The maximum atomic E-state index is 12.5. The van der Waals surface area contributed by atoms with Crippen LogP contribution in [0.25, 0.3) is 0 Å². The fourth-order valence-corrected chi connectivity index (χ4v) is 12.0. The standard InChI is InChI=1S/C23H33O6P/c1-12(2)13-10-23-9-6-14-21(3,7-5-8-22(14,4)20(28)29)15(23)11-30(13)17(19(26)27)16(23)18(24)25/h10,12,14-17H,5-9,11H2,1-4H3,(H,24,25)(H,26,27)(H,28,29). The van der Waals surface area contributed by atoms with Crippen molar-refractivity contribution in [3.8, 4) is 0 Å². The predicted molar refractivity (Wildman–Crippen MR) is 114 cm³/mol. The number of aliphatic carboxylic acids is 3. The van der Waals surface area contributed by atoms with Gasteiger partial charge in [0.25, 0.3) is 0 Å². The summed E-state index contributed by atoms with van der Waals surface area (Å²) in [6, 6.07) is 0. The zero-order chi connectivity index (χ0) is 22.2. The fourth-order valence-electron chi connectivity index (χ4n) is 7.98. The van der Waals surface area contributed by atoms with Gasteiger partial charge in [-0.05, 0) is 67.3 Å². The summed E-state index contributed by atoms with van der Waals surface area (Å²) in [5, 5.41) is 31.5. The van der Waals surface area contributed by atoms with E-state index in [1.54, 1.807) is 0 Å². The molecule has 3 heterocycles. The number of fused-ring (bicyclic) bond motifs is 2. The maximum Gasteiger partial charge on any atom is 0.312 e. The molecule has 1 saturated heterocycles. The van der Waals surface area contributed by atoms with E-state index in [2.05, 4.69) is 26.8 Å². The Morgan fingerprint density at radius 3 is 2.23 bits per heavy atom. The van der Waals surface area contributed by atoms with Crippen molar-refractivity contribution in [3.63, 3.8) is 0 Å². The Labute approximate surface area is 178 Å². The lowest BCUT2D eigenvalue weighted by molar-refractivity contribution is -0.183. The van der Waals surface area contributed by atoms with Gasteiger partial charge in [-0.2, -0.15) is 0 Å². The van der Waals surface area contributed by atoms with E-state index in [1.165, 1.54) is 0 Å². The Bertz CT molecular complexity index is 836. The molecule has 30 heavy (non-hydrogen) atoms. The van der Waals surface area contributed by atoms with Crippen molar-refractivity contribution < 1.29 is 29.7 Å². The summed E-state index contributed by atoms with van der Waals surface area (Å²) in [7, 11) is -1.11. The van der Waals surface area contributed by atoms with Gasteiger partial charge in [-0.25, -0.2) is 0 Å². The monoisotopic (exact) mass is 436 g/mol. The summed E-state index contributed by atoms with van der Waals surface area (Å²) in [6.07, 6.45) is 6.50. The highest BCUT2D eigenvalue weighted by molar-refractivity contribution is 7.64. The minimum absolute atomic E-state index is 0.00366. The quantitative estimate of drug-likeness (QED) is 0.560. The number of carbonyl (C=O) groups is 3. The molecule has 8 unspecified atom stereocenters. The summed E-state index contributed by atoms with van der Waals surface area (Å²) < 4.78 is 0. The van der Waals surface area contributed by atoms with E-state index in [-0.39, 0.29) is 23.2 Å². The second-order valence-electron chi connectivity index (χ2n) is 10.8. The second-order valence-corrected chi connectivity index (χ2v) is 13.2. The first kappa shape index (κ1) is 21.8. The van der Waals surface area contributed by atoms with E-state index < -0.39 is 48.2 Å². The summed E-state index contributed by atoms with van der Waals surface area (Å²) >= 11 is 0. The van der Waals surface area contributed by atoms with Crippen LogP contribution in [0.3, 0.4) is 0 Å². The highest BCUT2D eigenvalue weighted by atomic mass is 31.1. The number of rotatable bonds is 4. The molecule has 2 bridgehead atoms. The molecule has 3 fully saturated rings. The summed E-state index contributed by atoms with van der Waals surface area (Å²) in [6.45, 7) is 8.19. The largest absolute Gasteiger partial charge is 0.481 e. The highest BCUT2D eigenvalue weighted by Gasteiger charge is 2.71. The molecule has 3 aliphatic heterocycles. The van der Waals surface area contributed by atoms with Gasteiger partial charge in [-0.3, -0.25) is 14.4 Å². The molecule has 0 aromatic rings. The number of hydrogen-bond acceptors (Lipinski definition) is 3. The van der Waals surface area contributed by atoms with E-state index in [0.29, 0.717) is 19.3 Å². The lowest BCUT2D eigenvalue weighted by atomic mass is 9.41. The topological polar surface area (TPSA) is 112 Å². The van der Waals surface area contributed by atoms with E-state index in [1.807, 2.05) is 6.92 Å². The second kappa shape index (κ2) is 6.79. The molecule has 0 aromatic carbocycles. The van der Waals surface area contributed by atoms with Crippen LogP contribution >= 0.6 is 7.92 Å². The van der Waals surface area contributed by atoms with Crippen molar-refractivity contribution in [2.24, 2.45) is 39.9 Å². The zero-order valence-electron chi connectivity index (χ0n) is 18.2. The Morgan fingerprint density at radius 1 is 1.03 bits per heavy atom. The molecule has 8 atom stereocenters. The summed E-state index contributed by atoms with van der Waals surface area (Å²) in [5.74, 6) is -3.42. The number of allylic oxidation sites excluding steroid dienone is 2. The smallest absolute Gasteiger partial charge is 0.312 e. The SMILES string of the molecule is CC(C)C1=CC23CCC4C(C)(C(=O)O)CCCC4(C)C2CP1C(C(=O)O)C3C(=O)O. The van der Waals surface area contributed by atoms with Gasteiger partial charge in [0.1, 0.15) is 0 Å². The van der Waals surface area contributed by atoms with Crippen molar-refractivity contribution in [2.75, 3.05) is 6.16 Å². The zero-order valence-corrected chi connectivity index (χ0v) is 19.1. The van der Waals surface area contributed by atoms with E-state index >= 15 is 0 Å². The van der Waals surface area contributed by atoms with Crippen molar-refractivity contribution in [1.29, 1.82) is 0 Å². The van der Waals surface area contributed by atoms with Crippen molar-refractivity contribution in [2.45, 2.75) is 65.5 Å². The molecule has 5 rings (SSSR count). The minimum Gasteiger partial charge on any atom is -0.481 e. The molecule has 166 valence electrons. The van der Waals surface area contributed by atoms with Crippen molar-refractivity contribution in [1.82, 2.24) is 0 Å². The van der Waals surface area contributed by atoms with Crippen LogP contribution in [-0.2, 0) is 14.4 Å². The molecule has 7 heteroatoms. The molecule has 5 aliphatic rings. The third-order valence-electron chi connectivity index (χ3n) is 9.24. The van der Waals surface area contributed by atoms with Gasteiger partial charge in [-0.1, -0.05) is 41.2 Å². The average Bonchev–Trinajstić information content (AvgIpc) is 2.65. The Hall–Kier alpha value is -1.42. The molecule has 3 N–H and O–H groups in total. The summed E-state index contributed by atoms with van der Waals surface area (Å²) in [5.41, 5.74) is -2.60. The van der Waals surface area contributed by atoms with Crippen LogP contribution in [-0.4, -0.2) is 45.0 Å². The van der Waals surface area contributed by atoms with Gasteiger partial charge in [0.2, 0.25) is 0 Å². The molecular formula is C23H33O6P. The van der Waals surface area contributed by atoms with Gasteiger partial charge in [0, 0.05) is 5.41 Å². The maximum absolute atomic E-state index is 12.5. The predicted octanol–water partition coefficient (Wildman–Crippen LogP) is 4.48. The first-order valence-corrected chi connectivity index (χ1v) is 12.7. The van der Waals surface area contributed by atoms with Crippen LogP contribution in [0.5, 0.6) is 0 Å². The third kappa shape index (κ3) is 2.61. The van der Waals surface area contributed by atoms with Crippen LogP contribution in [0.1, 0.15) is 59.8 Å². The third-order valence-corrected chi connectivity index (χ3v) is 12.5. The Kier molecular flexibility index (Phi) is 4.93. The van der Waals surface area contributed by atoms with Crippen LogP contribution in [0.15, 0.2) is 11.4 Å². The Balaban J connectivity index is 1.89. The van der Waals surface area contributed by atoms with Gasteiger partial charge in [0.05, 0.1) is 17.0 Å². The van der Waals surface area contributed by atoms with Crippen LogP contribution in [0, 0.1) is 39.9 Å².